The van der Waals surface area contributed by atoms with Gasteiger partial charge in [0.15, 0.2) is 0 Å². The summed E-state index contributed by atoms with van der Waals surface area (Å²) in [4.78, 5) is 18.6. The number of amidine groups is 1. The molecule has 1 unspecified atom stereocenters. The summed E-state index contributed by atoms with van der Waals surface area (Å²) < 4.78 is 0. The van der Waals surface area contributed by atoms with E-state index < -0.39 is 0 Å². The molecule has 2 rings (SSSR count). The first-order chi connectivity index (χ1) is 15.1. The van der Waals surface area contributed by atoms with E-state index >= 15 is 0 Å². The Morgan fingerprint density at radius 1 is 1.19 bits per heavy atom. The van der Waals surface area contributed by atoms with E-state index in [1.165, 1.54) is 17.4 Å². The van der Waals surface area contributed by atoms with Gasteiger partial charge in [0.1, 0.15) is 5.84 Å². The van der Waals surface area contributed by atoms with E-state index in [1.54, 1.807) is 37.2 Å². The maximum atomic E-state index is 12.3. The first-order valence-electron chi connectivity index (χ1n) is 11.5. The average molecular weight is 442 g/mol. The van der Waals surface area contributed by atoms with Gasteiger partial charge in [0.2, 0.25) is 5.91 Å². The summed E-state index contributed by atoms with van der Waals surface area (Å²) in [6.07, 6.45) is 3.58. The lowest BCUT2D eigenvalue weighted by Gasteiger charge is -2.28. The molecular formula is C26H43N5O. The monoisotopic (exact) mass is 441 g/mol. The van der Waals surface area contributed by atoms with E-state index in [2.05, 4.69) is 11.9 Å². The van der Waals surface area contributed by atoms with Crippen molar-refractivity contribution < 1.29 is 4.79 Å². The van der Waals surface area contributed by atoms with Crippen LogP contribution in [0.3, 0.4) is 0 Å². The molecule has 0 heterocycles. The van der Waals surface area contributed by atoms with Crippen LogP contribution in [-0.4, -0.2) is 37.0 Å². The van der Waals surface area contributed by atoms with Crippen LogP contribution < -0.4 is 11.5 Å². The molecule has 0 aliphatic heterocycles. The summed E-state index contributed by atoms with van der Waals surface area (Å²) in [5.74, 6) is 0.662. The molecule has 0 aromatic heterocycles. The Balaban J connectivity index is 0.00000227. The molecule has 0 saturated carbocycles. The second-order valence-electron chi connectivity index (χ2n) is 7.76. The highest BCUT2D eigenvalue weighted by Crippen LogP contribution is 2.35. The minimum absolute atomic E-state index is 0.0302. The Kier molecular flexibility index (Phi) is 12.9. The molecule has 1 aromatic carbocycles. The lowest BCUT2D eigenvalue weighted by Crippen LogP contribution is -2.32. The van der Waals surface area contributed by atoms with Crippen molar-refractivity contribution in [1.82, 2.24) is 4.90 Å². The van der Waals surface area contributed by atoms with Gasteiger partial charge in [-0.2, -0.15) is 0 Å². The van der Waals surface area contributed by atoms with Gasteiger partial charge in [-0.3, -0.25) is 4.79 Å². The van der Waals surface area contributed by atoms with E-state index in [1.807, 2.05) is 41.5 Å². The molecule has 178 valence electrons. The van der Waals surface area contributed by atoms with E-state index in [9.17, 15) is 4.79 Å². The molecule has 6 nitrogen and oxygen atoms in total. The highest BCUT2D eigenvalue weighted by Gasteiger charge is 2.28. The van der Waals surface area contributed by atoms with Crippen LogP contribution >= 0.6 is 0 Å². The fraction of sp³-hybridized carbons (Fsp3) is 0.500. The quantitative estimate of drug-likeness (QED) is 0.303. The van der Waals surface area contributed by atoms with E-state index in [4.69, 9.17) is 16.9 Å². The van der Waals surface area contributed by atoms with Gasteiger partial charge >= 0.3 is 0 Å². The first-order valence-corrected chi connectivity index (χ1v) is 11.5. The molecular weight excluding hydrogens is 398 g/mol. The standard InChI is InChI=1S/C22H31N5O.2C2H6/c1-13(2)20(18-8-6-15(10-14(18)3)22(28)27(4)5)21(25)26-17-7-9-19(24)16(11-17)12-23;2*1-2/h7,9,11-12,15,23H,6,8,10,24H2,1-5H3,(H2,25,26);2*1-2H3. The number of nitrogen functional groups attached to an aromatic ring is 1. The van der Waals surface area contributed by atoms with Crippen molar-refractivity contribution in [3.8, 4) is 0 Å². The van der Waals surface area contributed by atoms with Gasteiger partial charge in [0.05, 0.1) is 5.69 Å². The summed E-state index contributed by atoms with van der Waals surface area (Å²) in [6.45, 7) is 14.1. The largest absolute Gasteiger partial charge is 0.398 e. The summed E-state index contributed by atoms with van der Waals surface area (Å²) in [7, 11) is 3.61. The smallest absolute Gasteiger partial charge is 0.225 e. The molecule has 1 aromatic rings. The maximum absolute atomic E-state index is 12.3. The summed E-state index contributed by atoms with van der Waals surface area (Å²) in [5, 5.41) is 7.45. The Morgan fingerprint density at radius 2 is 1.78 bits per heavy atom. The van der Waals surface area contributed by atoms with Gasteiger partial charge in [-0.05, 0) is 63.8 Å². The number of nitrogens with zero attached hydrogens (tertiary/aromatic N) is 2. The number of hydrogen-bond acceptors (Lipinski definition) is 4. The number of carbonyl (C=O) groups is 1. The van der Waals surface area contributed by atoms with Crippen LogP contribution in [0.15, 0.2) is 45.5 Å². The summed E-state index contributed by atoms with van der Waals surface area (Å²) >= 11 is 0. The molecule has 1 aliphatic carbocycles. The topological polar surface area (TPSA) is 109 Å². The predicted molar refractivity (Wildman–Crippen MR) is 140 cm³/mol. The minimum Gasteiger partial charge on any atom is -0.398 e. The number of rotatable bonds is 5. The number of benzene rings is 1. The van der Waals surface area contributed by atoms with Crippen LogP contribution in [0.4, 0.5) is 11.4 Å². The second kappa shape index (κ2) is 14.2. The van der Waals surface area contributed by atoms with Gasteiger partial charge in [-0.25, -0.2) is 4.99 Å². The van der Waals surface area contributed by atoms with Crippen molar-refractivity contribution in [3.63, 3.8) is 0 Å². The fourth-order valence-corrected chi connectivity index (χ4v) is 3.71. The number of hydrogen-bond donors (Lipinski definition) is 3. The number of carbonyl (C=O) groups excluding carboxylic acids is 1. The molecule has 0 saturated heterocycles. The number of allylic oxidation sites excluding steroid dienone is 2. The van der Waals surface area contributed by atoms with Crippen molar-refractivity contribution >= 4 is 29.3 Å². The SMILES string of the molecule is CC.CC.CC(C)=C(C(N)=Nc1ccc(N)c(C=N)c1)C1=C(C)CC(C(=O)N(C)C)CC1. The highest BCUT2D eigenvalue weighted by atomic mass is 16.2. The molecule has 32 heavy (non-hydrogen) atoms. The van der Waals surface area contributed by atoms with Gasteiger partial charge < -0.3 is 21.8 Å². The summed E-state index contributed by atoms with van der Waals surface area (Å²) in [5.41, 5.74) is 18.5. The van der Waals surface area contributed by atoms with Crippen molar-refractivity contribution in [2.45, 2.75) is 67.7 Å². The van der Waals surface area contributed by atoms with Crippen molar-refractivity contribution in [1.29, 1.82) is 5.41 Å². The molecule has 0 bridgehead atoms. The molecule has 1 amide bonds. The van der Waals surface area contributed by atoms with Crippen molar-refractivity contribution in [2.75, 3.05) is 19.8 Å². The Hall–Kier alpha value is -2.89. The fourth-order valence-electron chi connectivity index (χ4n) is 3.71. The van der Waals surface area contributed by atoms with Crippen LogP contribution in [0, 0.1) is 11.3 Å². The lowest BCUT2D eigenvalue weighted by molar-refractivity contribution is -0.133. The van der Waals surface area contributed by atoms with Gasteiger partial charge in [0.25, 0.3) is 0 Å². The molecule has 0 fully saturated rings. The zero-order valence-electron chi connectivity index (χ0n) is 21.5. The van der Waals surface area contributed by atoms with E-state index in [0.29, 0.717) is 22.8 Å². The third-order valence-corrected chi connectivity index (χ3v) is 5.13. The van der Waals surface area contributed by atoms with Crippen LogP contribution in [0.5, 0.6) is 0 Å². The van der Waals surface area contributed by atoms with Crippen molar-refractivity contribution in [3.05, 3.63) is 46.1 Å². The van der Waals surface area contributed by atoms with Gasteiger partial charge in [-0.1, -0.05) is 38.8 Å². The maximum Gasteiger partial charge on any atom is 0.225 e. The zero-order valence-corrected chi connectivity index (χ0v) is 21.5. The molecule has 0 spiro atoms. The van der Waals surface area contributed by atoms with Crippen LogP contribution in [-0.2, 0) is 4.79 Å². The Labute approximate surface area is 195 Å². The minimum atomic E-state index is 0.0302. The van der Waals surface area contributed by atoms with Crippen LogP contribution in [0.25, 0.3) is 0 Å². The number of amides is 1. The van der Waals surface area contributed by atoms with Gasteiger partial charge in [-0.15, -0.1) is 0 Å². The Bertz CT molecular complexity index is 874. The van der Waals surface area contributed by atoms with Crippen LogP contribution in [0.1, 0.15) is 73.3 Å². The molecule has 0 radical (unpaired) electrons. The lowest BCUT2D eigenvalue weighted by atomic mass is 9.80. The van der Waals surface area contributed by atoms with Gasteiger partial charge in [0, 0.05) is 43.1 Å². The summed E-state index contributed by atoms with van der Waals surface area (Å²) in [6, 6.07) is 5.29. The number of anilines is 1. The third kappa shape index (κ3) is 7.66. The molecule has 5 N–H and O–H groups in total. The zero-order chi connectivity index (χ0) is 25.0. The van der Waals surface area contributed by atoms with E-state index in [-0.39, 0.29) is 11.8 Å². The second-order valence-corrected chi connectivity index (χ2v) is 7.76. The Morgan fingerprint density at radius 3 is 2.25 bits per heavy atom. The first kappa shape index (κ1) is 29.1. The van der Waals surface area contributed by atoms with Crippen LogP contribution in [0.2, 0.25) is 0 Å². The number of nitrogens with one attached hydrogen (secondary N) is 1. The van der Waals surface area contributed by atoms with E-state index in [0.717, 1.165) is 30.4 Å². The number of aliphatic imine (C=N–C) groups is 1. The predicted octanol–water partition coefficient (Wildman–Crippen LogP) is 5.85. The molecule has 6 heteroatoms. The average Bonchev–Trinajstić information content (AvgIpc) is 2.78. The number of nitrogens with two attached hydrogens (primary N) is 2. The normalized spacial score (nSPS) is 15.5. The van der Waals surface area contributed by atoms with Crippen molar-refractivity contribution in [2.24, 2.45) is 16.6 Å². The molecule has 1 aliphatic rings. The molecule has 1 atom stereocenters. The highest BCUT2D eigenvalue weighted by molar-refractivity contribution is 6.03. The third-order valence-electron chi connectivity index (χ3n) is 5.13.